The standard InChI is InChI=1S/C17H18BrN3/c1-2-17(13-8-10-14(18)11-9-13)12-20-16(19)21(17)15-6-4-3-5-7-15/h3-11H,2,12H2,1H3,(H2,19,20). The zero-order valence-corrected chi connectivity index (χ0v) is 13.5. The van der Waals surface area contributed by atoms with Crippen molar-refractivity contribution in [3.05, 3.63) is 64.6 Å². The molecule has 3 nitrogen and oxygen atoms in total. The van der Waals surface area contributed by atoms with Crippen molar-refractivity contribution in [2.24, 2.45) is 10.7 Å². The van der Waals surface area contributed by atoms with Gasteiger partial charge < -0.3 is 10.6 Å². The fraction of sp³-hybridized carbons (Fsp3) is 0.235. The summed E-state index contributed by atoms with van der Waals surface area (Å²) in [6.45, 7) is 2.87. The van der Waals surface area contributed by atoms with Crippen molar-refractivity contribution >= 4 is 27.6 Å². The van der Waals surface area contributed by atoms with Crippen LogP contribution in [0.15, 0.2) is 64.1 Å². The molecule has 0 aliphatic carbocycles. The molecule has 0 saturated carbocycles. The van der Waals surface area contributed by atoms with Crippen molar-refractivity contribution in [1.29, 1.82) is 0 Å². The van der Waals surface area contributed by atoms with Gasteiger partial charge in [0.05, 0.1) is 12.1 Å². The van der Waals surface area contributed by atoms with E-state index < -0.39 is 0 Å². The van der Waals surface area contributed by atoms with E-state index in [2.05, 4.69) is 69.1 Å². The molecule has 0 saturated heterocycles. The predicted molar refractivity (Wildman–Crippen MR) is 91.5 cm³/mol. The van der Waals surface area contributed by atoms with Crippen LogP contribution in [0.4, 0.5) is 5.69 Å². The molecule has 0 spiro atoms. The molecule has 1 atom stereocenters. The lowest BCUT2D eigenvalue weighted by Crippen LogP contribution is -2.49. The molecule has 0 radical (unpaired) electrons. The van der Waals surface area contributed by atoms with Crippen LogP contribution in [0.2, 0.25) is 0 Å². The number of anilines is 1. The van der Waals surface area contributed by atoms with Crippen LogP contribution < -0.4 is 10.6 Å². The number of halogens is 1. The highest BCUT2D eigenvalue weighted by molar-refractivity contribution is 9.10. The number of guanidine groups is 1. The van der Waals surface area contributed by atoms with Gasteiger partial charge in [-0.1, -0.05) is 53.2 Å². The molecule has 2 N–H and O–H groups in total. The van der Waals surface area contributed by atoms with Crippen LogP contribution in [-0.2, 0) is 5.54 Å². The molecule has 0 aromatic heterocycles. The van der Waals surface area contributed by atoms with E-state index in [0.29, 0.717) is 12.5 Å². The molecule has 108 valence electrons. The second kappa shape index (κ2) is 5.53. The molecule has 1 aliphatic rings. The van der Waals surface area contributed by atoms with E-state index in [9.17, 15) is 0 Å². The Labute approximate surface area is 133 Å². The highest BCUT2D eigenvalue weighted by Crippen LogP contribution is 2.39. The van der Waals surface area contributed by atoms with Crippen LogP contribution in [0.3, 0.4) is 0 Å². The van der Waals surface area contributed by atoms with Gasteiger partial charge in [0.2, 0.25) is 0 Å². The predicted octanol–water partition coefficient (Wildman–Crippen LogP) is 3.89. The average molecular weight is 344 g/mol. The molecule has 2 aromatic carbocycles. The van der Waals surface area contributed by atoms with Crippen LogP contribution in [-0.4, -0.2) is 12.5 Å². The molecule has 2 aromatic rings. The van der Waals surface area contributed by atoms with Crippen LogP contribution in [0.1, 0.15) is 18.9 Å². The lowest BCUT2D eigenvalue weighted by atomic mass is 9.86. The first-order valence-electron chi connectivity index (χ1n) is 7.08. The fourth-order valence-electron chi connectivity index (χ4n) is 2.98. The minimum absolute atomic E-state index is 0.202. The summed E-state index contributed by atoms with van der Waals surface area (Å²) in [5, 5.41) is 0. The number of nitrogens with zero attached hydrogens (tertiary/aromatic N) is 2. The maximum absolute atomic E-state index is 6.20. The van der Waals surface area contributed by atoms with E-state index in [1.807, 2.05) is 18.2 Å². The Morgan fingerprint density at radius 2 is 1.81 bits per heavy atom. The molecular formula is C17H18BrN3. The van der Waals surface area contributed by atoms with E-state index in [0.717, 1.165) is 16.6 Å². The van der Waals surface area contributed by atoms with Crippen LogP contribution in [0, 0.1) is 0 Å². The summed E-state index contributed by atoms with van der Waals surface area (Å²) in [4.78, 5) is 6.69. The first-order chi connectivity index (χ1) is 10.2. The lowest BCUT2D eigenvalue weighted by molar-refractivity contribution is 0.461. The van der Waals surface area contributed by atoms with Gasteiger partial charge in [0, 0.05) is 10.2 Å². The monoisotopic (exact) mass is 343 g/mol. The van der Waals surface area contributed by atoms with Gasteiger partial charge in [-0.15, -0.1) is 0 Å². The number of hydrogen-bond acceptors (Lipinski definition) is 3. The van der Waals surface area contributed by atoms with Crippen LogP contribution in [0.25, 0.3) is 0 Å². The average Bonchev–Trinajstić information content (AvgIpc) is 2.87. The third-order valence-corrected chi connectivity index (χ3v) is 4.67. The zero-order chi connectivity index (χ0) is 14.9. The zero-order valence-electron chi connectivity index (χ0n) is 12.0. The third-order valence-electron chi connectivity index (χ3n) is 4.14. The molecule has 21 heavy (non-hydrogen) atoms. The highest BCUT2D eigenvalue weighted by atomic mass is 79.9. The van der Waals surface area contributed by atoms with Crippen molar-refractivity contribution in [1.82, 2.24) is 0 Å². The summed E-state index contributed by atoms with van der Waals surface area (Å²) in [5.41, 5.74) is 8.32. The van der Waals surface area contributed by atoms with E-state index in [4.69, 9.17) is 5.73 Å². The normalized spacial score (nSPS) is 21.4. The van der Waals surface area contributed by atoms with Gasteiger partial charge in [-0.05, 0) is 36.2 Å². The third kappa shape index (κ3) is 2.33. The van der Waals surface area contributed by atoms with Crippen molar-refractivity contribution in [2.75, 3.05) is 11.4 Å². The Hall–Kier alpha value is -1.81. The van der Waals surface area contributed by atoms with Crippen molar-refractivity contribution < 1.29 is 0 Å². The molecule has 1 unspecified atom stereocenters. The van der Waals surface area contributed by atoms with Crippen molar-refractivity contribution in [3.63, 3.8) is 0 Å². The van der Waals surface area contributed by atoms with Crippen LogP contribution in [0.5, 0.6) is 0 Å². The SMILES string of the molecule is CCC1(c2ccc(Br)cc2)CN=C(N)N1c1ccccc1. The van der Waals surface area contributed by atoms with Gasteiger partial charge in [0.1, 0.15) is 0 Å². The molecule has 1 aliphatic heterocycles. The summed E-state index contributed by atoms with van der Waals surface area (Å²) in [6.07, 6.45) is 0.938. The van der Waals surface area contributed by atoms with Gasteiger partial charge in [-0.25, -0.2) is 0 Å². The number of nitrogens with two attached hydrogens (primary N) is 1. The number of hydrogen-bond donors (Lipinski definition) is 1. The van der Waals surface area contributed by atoms with Gasteiger partial charge >= 0.3 is 0 Å². The first-order valence-corrected chi connectivity index (χ1v) is 7.88. The highest BCUT2D eigenvalue weighted by Gasteiger charge is 2.43. The topological polar surface area (TPSA) is 41.6 Å². The number of aliphatic imine (C=N–C) groups is 1. The molecule has 4 heteroatoms. The quantitative estimate of drug-likeness (QED) is 0.918. The van der Waals surface area contributed by atoms with E-state index >= 15 is 0 Å². The van der Waals surface area contributed by atoms with Gasteiger partial charge in [-0.2, -0.15) is 0 Å². The summed E-state index contributed by atoms with van der Waals surface area (Å²) in [7, 11) is 0. The lowest BCUT2D eigenvalue weighted by Gasteiger charge is -2.39. The minimum atomic E-state index is -0.202. The van der Waals surface area contributed by atoms with Gasteiger partial charge in [-0.3, -0.25) is 4.99 Å². The maximum Gasteiger partial charge on any atom is 0.196 e. The molecule has 0 fully saturated rings. The number of para-hydroxylation sites is 1. The van der Waals surface area contributed by atoms with Gasteiger partial charge in [0.25, 0.3) is 0 Å². The van der Waals surface area contributed by atoms with E-state index in [1.165, 1.54) is 5.56 Å². The second-order valence-electron chi connectivity index (χ2n) is 5.24. The van der Waals surface area contributed by atoms with E-state index in [-0.39, 0.29) is 5.54 Å². The van der Waals surface area contributed by atoms with Crippen molar-refractivity contribution in [3.8, 4) is 0 Å². The Morgan fingerprint density at radius 1 is 1.14 bits per heavy atom. The number of rotatable bonds is 3. The minimum Gasteiger partial charge on any atom is -0.369 e. The fourth-order valence-corrected chi connectivity index (χ4v) is 3.25. The summed E-state index contributed by atoms with van der Waals surface area (Å²) in [5.74, 6) is 0.589. The summed E-state index contributed by atoms with van der Waals surface area (Å²) in [6, 6.07) is 18.7. The first kappa shape index (κ1) is 14.1. The maximum atomic E-state index is 6.20. The Balaban J connectivity index is 2.11. The Bertz CT molecular complexity index is 651. The van der Waals surface area contributed by atoms with Crippen LogP contribution >= 0.6 is 15.9 Å². The Kier molecular flexibility index (Phi) is 3.72. The summed E-state index contributed by atoms with van der Waals surface area (Å²) >= 11 is 3.50. The smallest absolute Gasteiger partial charge is 0.196 e. The Morgan fingerprint density at radius 3 is 2.43 bits per heavy atom. The second-order valence-corrected chi connectivity index (χ2v) is 6.15. The van der Waals surface area contributed by atoms with E-state index in [1.54, 1.807) is 0 Å². The number of benzene rings is 2. The molecule has 0 bridgehead atoms. The molecule has 0 amide bonds. The molecule has 3 rings (SSSR count). The largest absolute Gasteiger partial charge is 0.369 e. The van der Waals surface area contributed by atoms with Crippen molar-refractivity contribution in [2.45, 2.75) is 18.9 Å². The van der Waals surface area contributed by atoms with Gasteiger partial charge in [0.15, 0.2) is 5.96 Å². The summed E-state index contributed by atoms with van der Waals surface area (Å²) < 4.78 is 1.08. The molecular weight excluding hydrogens is 326 g/mol. The molecule has 1 heterocycles.